The highest BCUT2D eigenvalue weighted by molar-refractivity contribution is 5.87. The summed E-state index contributed by atoms with van der Waals surface area (Å²) in [5, 5.41) is 3.91. The lowest BCUT2D eigenvalue weighted by atomic mass is 10.0. The Kier molecular flexibility index (Phi) is 5.78. The van der Waals surface area contributed by atoms with E-state index >= 15 is 0 Å². The van der Waals surface area contributed by atoms with Crippen LogP contribution in [0.5, 0.6) is 5.75 Å². The Morgan fingerprint density at radius 3 is 2.63 bits per heavy atom. The summed E-state index contributed by atoms with van der Waals surface area (Å²) >= 11 is 0. The molecule has 3 rings (SSSR count). The number of aryl methyl sites for hydroxylation is 2. The normalized spacial score (nSPS) is 17.0. The van der Waals surface area contributed by atoms with E-state index < -0.39 is 11.9 Å². The first kappa shape index (κ1) is 18.9. The van der Waals surface area contributed by atoms with Crippen LogP contribution in [0.3, 0.4) is 0 Å². The number of benzene rings is 1. The smallest absolute Gasteiger partial charge is 0.240 e. The maximum atomic E-state index is 12.6. The molecule has 0 saturated carbocycles. The monoisotopic (exact) mass is 371 g/mol. The van der Waals surface area contributed by atoms with Crippen molar-refractivity contribution in [3.8, 4) is 5.75 Å². The highest BCUT2D eigenvalue weighted by atomic mass is 16.5. The zero-order valence-corrected chi connectivity index (χ0v) is 15.7. The van der Waals surface area contributed by atoms with Gasteiger partial charge in [0.2, 0.25) is 11.8 Å². The molecule has 7 heteroatoms. The number of piperidine rings is 1. The zero-order chi connectivity index (χ0) is 19.4. The molecule has 144 valence electrons. The van der Waals surface area contributed by atoms with Gasteiger partial charge in [-0.25, -0.2) is 0 Å². The number of carbonyl (C=O) groups is 2. The van der Waals surface area contributed by atoms with Crippen molar-refractivity contribution in [1.82, 2.24) is 10.1 Å². The molecule has 7 nitrogen and oxygen atoms in total. The van der Waals surface area contributed by atoms with Crippen LogP contribution in [-0.2, 0) is 22.6 Å². The maximum Gasteiger partial charge on any atom is 0.240 e. The molecule has 0 bridgehead atoms. The van der Waals surface area contributed by atoms with Gasteiger partial charge in [-0.3, -0.25) is 9.59 Å². The van der Waals surface area contributed by atoms with Crippen LogP contribution in [0, 0.1) is 13.8 Å². The standard InChI is InChI=1S/C20H25N3O4/c1-13-17(14(2)27-22-13)12-26-16-8-6-15(7-9-16)11-19(24)23-10-4-3-5-18(23)20(21)25/h6-9,18H,3-5,10-12H2,1-2H3,(H2,21,25). The summed E-state index contributed by atoms with van der Waals surface area (Å²) in [4.78, 5) is 25.8. The van der Waals surface area contributed by atoms with Crippen molar-refractivity contribution in [2.24, 2.45) is 5.73 Å². The van der Waals surface area contributed by atoms with E-state index in [0.717, 1.165) is 35.4 Å². The highest BCUT2D eigenvalue weighted by Gasteiger charge is 2.30. The molecular formula is C20H25N3O4. The fourth-order valence-electron chi connectivity index (χ4n) is 3.37. The van der Waals surface area contributed by atoms with E-state index in [2.05, 4.69) is 5.16 Å². The molecule has 1 aliphatic heterocycles. The molecule has 2 heterocycles. The van der Waals surface area contributed by atoms with Crippen LogP contribution in [0.25, 0.3) is 0 Å². The fourth-order valence-corrected chi connectivity index (χ4v) is 3.37. The third-order valence-electron chi connectivity index (χ3n) is 4.99. The first-order chi connectivity index (χ1) is 13.0. The molecule has 0 radical (unpaired) electrons. The van der Waals surface area contributed by atoms with Crippen molar-refractivity contribution in [1.29, 1.82) is 0 Å². The average molecular weight is 371 g/mol. The Bertz CT molecular complexity index is 794. The second kappa shape index (κ2) is 8.24. The summed E-state index contributed by atoms with van der Waals surface area (Å²) < 4.78 is 10.9. The predicted molar refractivity (Wildman–Crippen MR) is 99.0 cm³/mol. The zero-order valence-electron chi connectivity index (χ0n) is 15.7. The SMILES string of the molecule is Cc1noc(C)c1COc1ccc(CC(=O)N2CCCCC2C(N)=O)cc1. The van der Waals surface area contributed by atoms with Gasteiger partial charge < -0.3 is 19.9 Å². The summed E-state index contributed by atoms with van der Waals surface area (Å²) in [5.74, 6) is 0.966. The number of aromatic nitrogens is 1. The van der Waals surface area contributed by atoms with Gasteiger partial charge in [0.15, 0.2) is 0 Å². The van der Waals surface area contributed by atoms with E-state index in [1.54, 1.807) is 4.90 Å². The molecular weight excluding hydrogens is 346 g/mol. The second-order valence-electron chi connectivity index (χ2n) is 6.91. The van der Waals surface area contributed by atoms with Crippen LogP contribution >= 0.6 is 0 Å². The third-order valence-corrected chi connectivity index (χ3v) is 4.99. The van der Waals surface area contributed by atoms with Gasteiger partial charge >= 0.3 is 0 Å². The van der Waals surface area contributed by atoms with Crippen LogP contribution in [0.4, 0.5) is 0 Å². The third kappa shape index (κ3) is 4.48. The van der Waals surface area contributed by atoms with Crippen molar-refractivity contribution in [2.45, 2.75) is 52.2 Å². The number of carbonyl (C=O) groups excluding carboxylic acids is 2. The molecule has 2 N–H and O–H groups in total. The number of nitrogens with two attached hydrogens (primary N) is 1. The molecule has 1 unspecified atom stereocenters. The Morgan fingerprint density at radius 1 is 1.26 bits per heavy atom. The molecule has 0 spiro atoms. The van der Waals surface area contributed by atoms with Crippen molar-refractivity contribution < 1.29 is 18.8 Å². The molecule has 2 aromatic rings. The first-order valence-corrected chi connectivity index (χ1v) is 9.18. The fraction of sp³-hybridized carbons (Fsp3) is 0.450. The van der Waals surface area contributed by atoms with Crippen LogP contribution in [0.15, 0.2) is 28.8 Å². The molecule has 27 heavy (non-hydrogen) atoms. The topological polar surface area (TPSA) is 98.7 Å². The average Bonchev–Trinajstić information content (AvgIpc) is 2.99. The van der Waals surface area contributed by atoms with Gasteiger partial charge in [-0.2, -0.15) is 0 Å². The minimum absolute atomic E-state index is 0.0668. The number of nitrogens with zero attached hydrogens (tertiary/aromatic N) is 2. The summed E-state index contributed by atoms with van der Waals surface area (Å²) in [6.07, 6.45) is 2.72. The Balaban J connectivity index is 1.58. The largest absolute Gasteiger partial charge is 0.489 e. The molecule has 2 amide bonds. The molecule has 1 aromatic heterocycles. The minimum Gasteiger partial charge on any atom is -0.489 e. The number of amides is 2. The molecule has 0 aliphatic carbocycles. The Labute approximate surface area is 158 Å². The lowest BCUT2D eigenvalue weighted by Gasteiger charge is -2.33. The van der Waals surface area contributed by atoms with E-state index in [1.165, 1.54) is 0 Å². The first-order valence-electron chi connectivity index (χ1n) is 9.18. The van der Waals surface area contributed by atoms with Gasteiger partial charge in [-0.15, -0.1) is 0 Å². The lowest BCUT2D eigenvalue weighted by molar-refractivity contribution is -0.140. The lowest BCUT2D eigenvalue weighted by Crippen LogP contribution is -2.50. The van der Waals surface area contributed by atoms with Gasteiger partial charge in [0.05, 0.1) is 17.7 Å². The predicted octanol–water partition coefficient (Wildman–Crippen LogP) is 2.28. The quantitative estimate of drug-likeness (QED) is 0.840. The number of ether oxygens (including phenoxy) is 1. The summed E-state index contributed by atoms with van der Waals surface area (Å²) in [5.41, 5.74) is 8.08. The number of rotatable bonds is 6. The molecule has 1 atom stereocenters. The number of hydrogen-bond donors (Lipinski definition) is 1. The minimum atomic E-state index is -0.482. The summed E-state index contributed by atoms with van der Waals surface area (Å²) in [6, 6.07) is 6.92. The van der Waals surface area contributed by atoms with Gasteiger partial charge in [0, 0.05) is 6.54 Å². The van der Waals surface area contributed by atoms with Gasteiger partial charge in [0.25, 0.3) is 0 Å². The van der Waals surface area contributed by atoms with Crippen molar-refractivity contribution in [2.75, 3.05) is 6.54 Å². The second-order valence-corrected chi connectivity index (χ2v) is 6.91. The summed E-state index contributed by atoms with van der Waals surface area (Å²) in [7, 11) is 0. The van der Waals surface area contributed by atoms with E-state index in [9.17, 15) is 9.59 Å². The van der Waals surface area contributed by atoms with E-state index in [4.69, 9.17) is 15.0 Å². The molecule has 1 fully saturated rings. The van der Waals surface area contributed by atoms with Crippen LogP contribution in [0.1, 0.15) is 41.8 Å². The Morgan fingerprint density at radius 2 is 2.00 bits per heavy atom. The van der Waals surface area contributed by atoms with Crippen molar-refractivity contribution >= 4 is 11.8 Å². The Hall–Kier alpha value is -2.83. The number of primary amides is 1. The van der Waals surface area contributed by atoms with Gasteiger partial charge in [0.1, 0.15) is 24.2 Å². The van der Waals surface area contributed by atoms with E-state index in [0.29, 0.717) is 25.3 Å². The van der Waals surface area contributed by atoms with Crippen molar-refractivity contribution in [3.05, 3.63) is 46.8 Å². The van der Waals surface area contributed by atoms with Crippen LogP contribution in [-0.4, -0.2) is 34.5 Å². The highest BCUT2D eigenvalue weighted by Crippen LogP contribution is 2.20. The van der Waals surface area contributed by atoms with Gasteiger partial charge in [-0.05, 0) is 50.8 Å². The number of likely N-dealkylation sites (tertiary alicyclic amines) is 1. The van der Waals surface area contributed by atoms with E-state index in [1.807, 2.05) is 38.1 Å². The van der Waals surface area contributed by atoms with E-state index in [-0.39, 0.29) is 12.3 Å². The molecule has 1 aliphatic rings. The van der Waals surface area contributed by atoms with Crippen LogP contribution in [0.2, 0.25) is 0 Å². The maximum absolute atomic E-state index is 12.6. The summed E-state index contributed by atoms with van der Waals surface area (Å²) in [6.45, 7) is 4.70. The number of hydrogen-bond acceptors (Lipinski definition) is 5. The van der Waals surface area contributed by atoms with Gasteiger partial charge in [-0.1, -0.05) is 17.3 Å². The molecule has 1 aromatic carbocycles. The van der Waals surface area contributed by atoms with Crippen LogP contribution < -0.4 is 10.5 Å². The molecule has 1 saturated heterocycles. The van der Waals surface area contributed by atoms with Crippen molar-refractivity contribution in [3.63, 3.8) is 0 Å².